The molecule has 2 aromatic heterocycles. The number of ether oxygens (including phenoxy) is 1. The van der Waals surface area contributed by atoms with Crippen molar-refractivity contribution in [2.24, 2.45) is 0 Å². The zero-order chi connectivity index (χ0) is 20.7. The Morgan fingerprint density at radius 3 is 2.77 bits per heavy atom. The van der Waals surface area contributed by atoms with E-state index in [1.165, 1.54) is 0 Å². The van der Waals surface area contributed by atoms with Gasteiger partial charge in [0.25, 0.3) is 0 Å². The molecule has 0 saturated carbocycles. The molecule has 0 aliphatic carbocycles. The number of methoxy groups -OCH3 is 1. The number of hydrogen-bond acceptors (Lipinski definition) is 4. The van der Waals surface area contributed by atoms with Crippen LogP contribution in [0.1, 0.15) is 22.8 Å². The van der Waals surface area contributed by atoms with E-state index >= 15 is 0 Å². The summed E-state index contributed by atoms with van der Waals surface area (Å²) in [5.41, 5.74) is 4.25. The lowest BCUT2D eigenvalue weighted by Gasteiger charge is -2.08. The first-order valence-corrected chi connectivity index (χ1v) is 9.95. The van der Waals surface area contributed by atoms with Crippen LogP contribution in [-0.4, -0.2) is 31.4 Å². The summed E-state index contributed by atoms with van der Waals surface area (Å²) in [5.74, 6) is 7.80. The van der Waals surface area contributed by atoms with Gasteiger partial charge in [0.1, 0.15) is 18.6 Å². The first-order chi connectivity index (χ1) is 14.6. The van der Waals surface area contributed by atoms with E-state index in [0.717, 1.165) is 34.2 Å². The number of aromatic nitrogens is 5. The predicted molar refractivity (Wildman–Crippen MR) is 115 cm³/mol. The molecule has 0 amide bonds. The number of rotatable bonds is 2. The topological polar surface area (TPSA) is 57.8 Å². The molecule has 5 rings (SSSR count). The maximum atomic E-state index is 6.29. The van der Waals surface area contributed by atoms with Crippen molar-refractivity contribution < 1.29 is 4.74 Å². The maximum Gasteiger partial charge on any atom is 0.166 e. The molecule has 30 heavy (non-hydrogen) atoms. The van der Waals surface area contributed by atoms with Gasteiger partial charge in [-0.2, -0.15) is 0 Å². The van der Waals surface area contributed by atoms with Crippen molar-refractivity contribution in [3.8, 4) is 28.9 Å². The van der Waals surface area contributed by atoms with Gasteiger partial charge in [-0.25, -0.2) is 4.98 Å². The minimum Gasteiger partial charge on any atom is -0.377 e. The molecule has 1 aliphatic heterocycles. The van der Waals surface area contributed by atoms with Gasteiger partial charge in [0.05, 0.1) is 17.9 Å². The number of benzene rings is 2. The Kier molecular flexibility index (Phi) is 4.80. The second-order valence-electron chi connectivity index (χ2n) is 6.79. The lowest BCUT2D eigenvalue weighted by molar-refractivity contribution is 0.174. The van der Waals surface area contributed by atoms with E-state index in [1.807, 2.05) is 51.6 Å². The highest BCUT2D eigenvalue weighted by molar-refractivity contribution is 6.31. The van der Waals surface area contributed by atoms with Gasteiger partial charge < -0.3 is 9.30 Å². The molecule has 8 heteroatoms. The monoisotopic (exact) mass is 435 g/mol. The highest BCUT2D eigenvalue weighted by atomic mass is 35.5. The van der Waals surface area contributed by atoms with E-state index in [0.29, 0.717) is 28.9 Å². The smallest absolute Gasteiger partial charge is 0.166 e. The van der Waals surface area contributed by atoms with Crippen molar-refractivity contribution in [1.29, 1.82) is 0 Å². The van der Waals surface area contributed by atoms with Gasteiger partial charge in [-0.3, -0.25) is 4.57 Å². The molecule has 0 radical (unpaired) electrons. The Balaban J connectivity index is 1.68. The summed E-state index contributed by atoms with van der Waals surface area (Å²) in [6.07, 6.45) is 1.78. The number of imidazole rings is 1. The third-order valence-electron chi connectivity index (χ3n) is 4.88. The molecular formula is C22H15Cl2N5O. The van der Waals surface area contributed by atoms with E-state index < -0.39 is 0 Å². The van der Waals surface area contributed by atoms with Gasteiger partial charge in [-0.1, -0.05) is 35.2 Å². The van der Waals surface area contributed by atoms with Crippen LogP contribution >= 0.6 is 23.2 Å². The molecule has 0 unspecified atom stereocenters. The van der Waals surface area contributed by atoms with Crippen LogP contribution in [0, 0.1) is 11.8 Å². The van der Waals surface area contributed by atoms with Crippen molar-refractivity contribution >= 4 is 23.2 Å². The molecule has 3 heterocycles. The van der Waals surface area contributed by atoms with E-state index in [1.54, 1.807) is 13.4 Å². The van der Waals surface area contributed by atoms with Crippen LogP contribution < -0.4 is 0 Å². The largest absolute Gasteiger partial charge is 0.377 e. The number of fused-ring (bicyclic) bond motifs is 5. The van der Waals surface area contributed by atoms with Gasteiger partial charge in [0.15, 0.2) is 11.6 Å². The Bertz CT molecular complexity index is 1330. The van der Waals surface area contributed by atoms with Crippen molar-refractivity contribution in [2.45, 2.75) is 13.2 Å². The van der Waals surface area contributed by atoms with Crippen LogP contribution in [0.25, 0.3) is 17.1 Å². The second kappa shape index (κ2) is 7.62. The van der Waals surface area contributed by atoms with Crippen LogP contribution in [0.4, 0.5) is 0 Å². The molecule has 4 aromatic rings. The molecule has 2 aromatic carbocycles. The second-order valence-corrected chi connectivity index (χ2v) is 7.66. The van der Waals surface area contributed by atoms with E-state index in [2.05, 4.69) is 27.0 Å². The summed E-state index contributed by atoms with van der Waals surface area (Å²) in [5, 5.41) is 9.99. The van der Waals surface area contributed by atoms with Gasteiger partial charge in [-0.15, -0.1) is 10.2 Å². The molecule has 148 valence electrons. The molecular weight excluding hydrogens is 421 g/mol. The Morgan fingerprint density at radius 1 is 1.07 bits per heavy atom. The number of nitrogens with zero attached hydrogens (tertiary/aromatic N) is 5. The van der Waals surface area contributed by atoms with Crippen LogP contribution in [0.3, 0.4) is 0 Å². The third-order valence-corrected chi connectivity index (χ3v) is 5.35. The van der Waals surface area contributed by atoms with Gasteiger partial charge in [0, 0.05) is 28.3 Å². The molecule has 0 N–H and O–H groups in total. The average Bonchev–Trinajstić information content (AvgIpc) is 3.28. The lowest BCUT2D eigenvalue weighted by atomic mass is 10.1. The average molecular weight is 436 g/mol. The SMILES string of the molecule is COCc1nnc2n1Cc1c(C#Cc3cccc(Cl)c3)ncn1-c1ccc(Cl)cc1-2. The predicted octanol–water partition coefficient (Wildman–Crippen LogP) is 4.35. The van der Waals surface area contributed by atoms with E-state index in [4.69, 9.17) is 27.9 Å². The van der Waals surface area contributed by atoms with Crippen LogP contribution in [-0.2, 0) is 17.9 Å². The standard InChI is InChI=1S/C22H15Cl2N5O/c1-30-12-21-26-27-22-17-10-16(24)6-8-19(17)29-13-25-18(20(29)11-28(21)22)7-5-14-3-2-4-15(23)9-14/h2-4,6,8-10,13H,11-12H2,1H3. The van der Waals surface area contributed by atoms with Crippen molar-refractivity contribution in [3.05, 3.63) is 81.6 Å². The first kappa shape index (κ1) is 18.9. The molecule has 6 nitrogen and oxygen atoms in total. The summed E-state index contributed by atoms with van der Waals surface area (Å²) >= 11 is 12.4. The molecule has 1 aliphatic rings. The van der Waals surface area contributed by atoms with Crippen LogP contribution in [0.2, 0.25) is 10.0 Å². The third kappa shape index (κ3) is 3.27. The molecule has 0 fully saturated rings. The minimum absolute atomic E-state index is 0.348. The minimum atomic E-state index is 0.348. The van der Waals surface area contributed by atoms with Crippen molar-refractivity contribution in [3.63, 3.8) is 0 Å². The Morgan fingerprint density at radius 2 is 1.93 bits per heavy atom. The lowest BCUT2D eigenvalue weighted by Crippen LogP contribution is -2.09. The van der Waals surface area contributed by atoms with Gasteiger partial charge >= 0.3 is 0 Å². The maximum absolute atomic E-state index is 6.29. The number of hydrogen-bond donors (Lipinski definition) is 0. The summed E-state index contributed by atoms with van der Waals surface area (Å²) < 4.78 is 9.35. The van der Waals surface area contributed by atoms with Gasteiger partial charge in [-0.05, 0) is 42.3 Å². The quantitative estimate of drug-likeness (QED) is 0.386. The molecule has 0 spiro atoms. The van der Waals surface area contributed by atoms with Crippen molar-refractivity contribution in [1.82, 2.24) is 24.3 Å². The van der Waals surface area contributed by atoms with Crippen LogP contribution in [0.5, 0.6) is 0 Å². The summed E-state index contributed by atoms with van der Waals surface area (Å²) in [4.78, 5) is 4.57. The zero-order valence-corrected chi connectivity index (χ0v) is 17.4. The molecule has 0 atom stereocenters. The van der Waals surface area contributed by atoms with E-state index in [9.17, 15) is 0 Å². The first-order valence-electron chi connectivity index (χ1n) is 9.19. The van der Waals surface area contributed by atoms with Crippen molar-refractivity contribution in [2.75, 3.05) is 7.11 Å². The fourth-order valence-electron chi connectivity index (χ4n) is 3.52. The highest BCUT2D eigenvalue weighted by Crippen LogP contribution is 2.34. The Labute approximate surface area is 183 Å². The highest BCUT2D eigenvalue weighted by Gasteiger charge is 2.25. The summed E-state index contributed by atoms with van der Waals surface area (Å²) in [6.45, 7) is 0.855. The Hall–Kier alpha value is -3.11. The molecule has 0 saturated heterocycles. The zero-order valence-electron chi connectivity index (χ0n) is 15.9. The fourth-order valence-corrected chi connectivity index (χ4v) is 3.88. The van der Waals surface area contributed by atoms with Crippen LogP contribution in [0.15, 0.2) is 48.8 Å². The van der Waals surface area contributed by atoms with Gasteiger partial charge in [0.2, 0.25) is 0 Å². The normalized spacial score (nSPS) is 11.7. The summed E-state index contributed by atoms with van der Waals surface area (Å²) in [6, 6.07) is 13.1. The fraction of sp³-hybridized carbons (Fsp3) is 0.136. The summed E-state index contributed by atoms with van der Waals surface area (Å²) in [7, 11) is 1.63. The van der Waals surface area contributed by atoms with E-state index in [-0.39, 0.29) is 0 Å². The molecule has 0 bridgehead atoms. The number of halogens is 2.